The number of hydrogen-bond acceptors (Lipinski definition) is 4. The zero-order valence-corrected chi connectivity index (χ0v) is 15.0. The maximum Gasteiger partial charge on any atom is 0.272 e. The first-order valence-corrected chi connectivity index (χ1v) is 9.42. The van der Waals surface area contributed by atoms with Crippen LogP contribution in [0.15, 0.2) is 41.7 Å². The van der Waals surface area contributed by atoms with E-state index < -0.39 is 0 Å². The van der Waals surface area contributed by atoms with E-state index in [1.54, 1.807) is 25.1 Å². The largest absolute Gasteiger partial charge is 0.384 e. The number of carbonyl (C=O) groups excluding carboxylic acids is 1. The van der Waals surface area contributed by atoms with Gasteiger partial charge in [-0.3, -0.25) is 9.36 Å². The SMILES string of the molecule is COCC1CCCN(C(=O)c2cnc(SC)n2-c2ccccc2)C1. The van der Waals surface area contributed by atoms with Crippen molar-refractivity contribution in [3.05, 3.63) is 42.2 Å². The topological polar surface area (TPSA) is 47.4 Å². The highest BCUT2D eigenvalue weighted by Crippen LogP contribution is 2.24. The lowest BCUT2D eigenvalue weighted by Crippen LogP contribution is -2.41. The minimum atomic E-state index is 0.0486. The van der Waals surface area contributed by atoms with Crippen LogP contribution >= 0.6 is 11.8 Å². The van der Waals surface area contributed by atoms with Gasteiger partial charge in [-0.05, 0) is 37.1 Å². The standard InChI is InChI=1S/C18H23N3O2S/c1-23-13-14-7-6-10-20(12-14)17(22)16-11-19-18(24-2)21(16)15-8-4-3-5-9-15/h3-5,8-9,11,14H,6-7,10,12-13H2,1-2H3. The molecule has 1 aromatic carbocycles. The molecule has 2 heterocycles. The van der Waals surface area contributed by atoms with Crippen molar-refractivity contribution < 1.29 is 9.53 Å². The van der Waals surface area contributed by atoms with Crippen LogP contribution in [0.2, 0.25) is 0 Å². The smallest absolute Gasteiger partial charge is 0.272 e. The molecule has 6 heteroatoms. The minimum Gasteiger partial charge on any atom is -0.384 e. The first kappa shape index (κ1) is 17.0. The summed E-state index contributed by atoms with van der Waals surface area (Å²) in [7, 11) is 1.72. The van der Waals surface area contributed by atoms with E-state index in [2.05, 4.69) is 4.98 Å². The van der Waals surface area contributed by atoms with E-state index in [0.29, 0.717) is 18.2 Å². The van der Waals surface area contributed by atoms with Crippen molar-refractivity contribution in [1.29, 1.82) is 0 Å². The summed E-state index contributed by atoms with van der Waals surface area (Å²) in [4.78, 5) is 19.5. The number of hydrogen-bond donors (Lipinski definition) is 0. The predicted octanol–water partition coefficient (Wildman–Crippen LogP) is 3.09. The number of piperidine rings is 1. The monoisotopic (exact) mass is 345 g/mol. The Balaban J connectivity index is 1.89. The minimum absolute atomic E-state index is 0.0486. The second-order valence-electron chi connectivity index (χ2n) is 6.02. The van der Waals surface area contributed by atoms with Crippen LogP contribution in [0.3, 0.4) is 0 Å². The third-order valence-corrected chi connectivity index (χ3v) is 5.01. The van der Waals surface area contributed by atoms with Gasteiger partial charge in [0, 0.05) is 25.9 Å². The average molecular weight is 345 g/mol. The number of nitrogens with zero attached hydrogens (tertiary/aromatic N) is 3. The summed E-state index contributed by atoms with van der Waals surface area (Å²) in [6.45, 7) is 2.26. The fourth-order valence-electron chi connectivity index (χ4n) is 3.24. The van der Waals surface area contributed by atoms with Crippen molar-refractivity contribution in [3.8, 4) is 5.69 Å². The molecule has 128 valence electrons. The Morgan fingerprint density at radius 3 is 2.88 bits per heavy atom. The lowest BCUT2D eigenvalue weighted by Gasteiger charge is -2.32. The summed E-state index contributed by atoms with van der Waals surface area (Å²) in [5.41, 5.74) is 1.59. The average Bonchev–Trinajstić information content (AvgIpc) is 3.06. The zero-order chi connectivity index (χ0) is 16.9. The molecule has 24 heavy (non-hydrogen) atoms. The van der Waals surface area contributed by atoms with Crippen molar-refractivity contribution in [2.45, 2.75) is 18.0 Å². The number of rotatable bonds is 5. The van der Waals surface area contributed by atoms with Crippen molar-refractivity contribution >= 4 is 17.7 Å². The highest BCUT2D eigenvalue weighted by Gasteiger charge is 2.27. The number of imidazole rings is 1. The number of para-hydroxylation sites is 1. The first-order valence-electron chi connectivity index (χ1n) is 8.20. The quantitative estimate of drug-likeness (QED) is 0.781. The van der Waals surface area contributed by atoms with E-state index in [1.165, 1.54) is 0 Å². The normalized spacial score (nSPS) is 17.9. The van der Waals surface area contributed by atoms with E-state index in [0.717, 1.165) is 36.8 Å². The molecular formula is C18H23N3O2S. The number of aromatic nitrogens is 2. The zero-order valence-electron chi connectivity index (χ0n) is 14.1. The highest BCUT2D eigenvalue weighted by atomic mass is 32.2. The summed E-state index contributed by atoms with van der Waals surface area (Å²) < 4.78 is 7.22. The van der Waals surface area contributed by atoms with Crippen molar-refractivity contribution in [3.63, 3.8) is 0 Å². The molecule has 1 aromatic heterocycles. The molecular weight excluding hydrogens is 322 g/mol. The molecule has 3 rings (SSSR count). The van der Waals surface area contributed by atoms with Crippen LogP contribution in [0.25, 0.3) is 5.69 Å². The molecule has 1 aliphatic rings. The molecule has 0 N–H and O–H groups in total. The summed E-state index contributed by atoms with van der Waals surface area (Å²) in [5.74, 6) is 0.466. The first-order chi connectivity index (χ1) is 11.7. The van der Waals surface area contributed by atoms with Crippen molar-refractivity contribution in [2.75, 3.05) is 33.1 Å². The van der Waals surface area contributed by atoms with E-state index in [-0.39, 0.29) is 5.91 Å². The molecule has 0 aliphatic carbocycles. The number of benzene rings is 1. The van der Waals surface area contributed by atoms with Gasteiger partial charge < -0.3 is 9.64 Å². The van der Waals surface area contributed by atoms with Crippen LogP contribution in [0.1, 0.15) is 23.3 Å². The van der Waals surface area contributed by atoms with Crippen LogP contribution in [-0.2, 0) is 4.74 Å². The van der Waals surface area contributed by atoms with E-state index in [1.807, 2.05) is 46.1 Å². The molecule has 1 aliphatic heterocycles. The lowest BCUT2D eigenvalue weighted by atomic mass is 9.99. The molecule has 1 atom stereocenters. The fraction of sp³-hybridized carbons (Fsp3) is 0.444. The molecule has 1 saturated heterocycles. The third kappa shape index (κ3) is 3.49. The molecule has 1 fully saturated rings. The molecule has 0 spiro atoms. The van der Waals surface area contributed by atoms with Crippen molar-refractivity contribution in [2.24, 2.45) is 5.92 Å². The summed E-state index contributed by atoms with van der Waals surface area (Å²) in [5, 5.41) is 0.829. The summed E-state index contributed by atoms with van der Waals surface area (Å²) in [6, 6.07) is 9.93. The Labute approximate surface area is 147 Å². The Morgan fingerprint density at radius 1 is 1.38 bits per heavy atom. The Hall–Kier alpha value is -1.79. The second kappa shape index (κ2) is 7.85. The molecule has 0 radical (unpaired) electrons. The van der Waals surface area contributed by atoms with Gasteiger partial charge in [0.05, 0.1) is 12.8 Å². The van der Waals surface area contributed by atoms with Crippen LogP contribution in [0.5, 0.6) is 0 Å². The van der Waals surface area contributed by atoms with Gasteiger partial charge in [0.15, 0.2) is 5.16 Å². The van der Waals surface area contributed by atoms with Gasteiger partial charge in [-0.1, -0.05) is 30.0 Å². The summed E-state index contributed by atoms with van der Waals surface area (Å²) in [6.07, 6.45) is 5.81. The molecule has 0 bridgehead atoms. The third-order valence-electron chi connectivity index (χ3n) is 4.35. The number of carbonyl (C=O) groups is 1. The number of methoxy groups -OCH3 is 1. The van der Waals surface area contributed by atoms with Gasteiger partial charge >= 0.3 is 0 Å². The molecule has 1 amide bonds. The van der Waals surface area contributed by atoms with Crippen LogP contribution in [0, 0.1) is 5.92 Å². The van der Waals surface area contributed by atoms with Crippen molar-refractivity contribution in [1.82, 2.24) is 14.5 Å². The number of amides is 1. The molecule has 0 saturated carbocycles. The Morgan fingerprint density at radius 2 is 2.17 bits per heavy atom. The Kier molecular flexibility index (Phi) is 5.58. The molecule has 5 nitrogen and oxygen atoms in total. The Bertz CT molecular complexity index is 685. The van der Waals surface area contributed by atoms with E-state index in [9.17, 15) is 4.79 Å². The fourth-order valence-corrected chi connectivity index (χ4v) is 3.78. The molecule has 2 aromatic rings. The number of likely N-dealkylation sites (tertiary alicyclic amines) is 1. The maximum atomic E-state index is 13.1. The molecule has 1 unspecified atom stereocenters. The number of thioether (sulfide) groups is 1. The van der Waals surface area contributed by atoms with E-state index >= 15 is 0 Å². The van der Waals surface area contributed by atoms with Crippen LogP contribution in [-0.4, -0.2) is 53.4 Å². The van der Waals surface area contributed by atoms with Gasteiger partial charge in [0.2, 0.25) is 0 Å². The lowest BCUT2D eigenvalue weighted by molar-refractivity contribution is 0.0563. The van der Waals surface area contributed by atoms with Gasteiger partial charge in [-0.2, -0.15) is 0 Å². The predicted molar refractivity (Wildman–Crippen MR) is 95.8 cm³/mol. The maximum absolute atomic E-state index is 13.1. The van der Waals surface area contributed by atoms with Gasteiger partial charge in [-0.25, -0.2) is 4.98 Å². The number of ether oxygens (including phenoxy) is 1. The summed E-state index contributed by atoms with van der Waals surface area (Å²) >= 11 is 1.54. The van der Waals surface area contributed by atoms with E-state index in [4.69, 9.17) is 4.74 Å². The van der Waals surface area contributed by atoms with Crippen LogP contribution in [0.4, 0.5) is 0 Å². The van der Waals surface area contributed by atoms with Gasteiger partial charge in [0.1, 0.15) is 5.69 Å². The highest BCUT2D eigenvalue weighted by molar-refractivity contribution is 7.98. The van der Waals surface area contributed by atoms with Crippen LogP contribution < -0.4 is 0 Å². The second-order valence-corrected chi connectivity index (χ2v) is 6.79. The van der Waals surface area contributed by atoms with Gasteiger partial charge in [-0.15, -0.1) is 0 Å². The van der Waals surface area contributed by atoms with Gasteiger partial charge in [0.25, 0.3) is 5.91 Å².